The van der Waals surface area contributed by atoms with E-state index in [1.165, 1.54) is 12.8 Å². The summed E-state index contributed by atoms with van der Waals surface area (Å²) < 4.78 is 0. The lowest BCUT2D eigenvalue weighted by molar-refractivity contribution is -0.134. The van der Waals surface area contributed by atoms with Crippen molar-refractivity contribution in [2.75, 3.05) is 26.7 Å². The maximum atomic E-state index is 12.6. The molecule has 1 amide bonds. The third-order valence-electron chi connectivity index (χ3n) is 5.18. The van der Waals surface area contributed by atoms with Gasteiger partial charge in [0.25, 0.3) is 0 Å². The predicted octanol–water partition coefficient (Wildman–Crippen LogP) is 1.66. The normalized spacial score (nSPS) is 35.9. The Bertz CT molecular complexity index is 349. The number of hydrogen-bond acceptors (Lipinski definition) is 3. The molecule has 1 N–H and O–H groups in total. The largest absolute Gasteiger partial charge is 0.325 e. The summed E-state index contributed by atoms with van der Waals surface area (Å²) in [5.41, 5.74) is -0.0850. The molecule has 2 heterocycles. The molecule has 4 heteroatoms. The number of carbonyl (C=O) groups is 1. The summed E-state index contributed by atoms with van der Waals surface area (Å²) in [5, 5.41) is 3.46. The Hall–Kier alpha value is -0.610. The number of likely N-dealkylation sites (tertiary alicyclic amines) is 1. The molecule has 0 saturated carbocycles. The fourth-order valence-corrected chi connectivity index (χ4v) is 3.28. The molecule has 2 unspecified atom stereocenters. The third kappa shape index (κ3) is 2.79. The molecule has 2 aliphatic heterocycles. The van der Waals surface area contributed by atoms with Crippen LogP contribution in [0.3, 0.4) is 0 Å². The van der Waals surface area contributed by atoms with Crippen molar-refractivity contribution in [1.29, 1.82) is 0 Å². The molecule has 2 saturated heterocycles. The van der Waals surface area contributed by atoms with Gasteiger partial charge < -0.3 is 9.80 Å². The summed E-state index contributed by atoms with van der Waals surface area (Å²) in [4.78, 5) is 17.0. The number of piperidine rings is 1. The molecule has 2 rings (SSSR count). The lowest BCUT2D eigenvalue weighted by Crippen LogP contribution is -2.47. The van der Waals surface area contributed by atoms with Gasteiger partial charge in [-0.1, -0.05) is 13.8 Å². The second-order valence-corrected chi connectivity index (χ2v) is 7.05. The van der Waals surface area contributed by atoms with Crippen LogP contribution in [0.2, 0.25) is 0 Å². The summed E-state index contributed by atoms with van der Waals surface area (Å²) in [5.74, 6) is 0.280. The van der Waals surface area contributed by atoms with Crippen molar-refractivity contribution < 1.29 is 4.79 Å². The summed E-state index contributed by atoms with van der Waals surface area (Å²) in [6.07, 6.45) is 3.38. The Morgan fingerprint density at radius 3 is 2.37 bits per heavy atom. The molecule has 19 heavy (non-hydrogen) atoms. The van der Waals surface area contributed by atoms with Crippen LogP contribution in [0.25, 0.3) is 0 Å². The molecule has 0 aromatic rings. The van der Waals surface area contributed by atoms with Gasteiger partial charge in [-0.2, -0.15) is 0 Å². The Morgan fingerprint density at radius 1 is 1.32 bits per heavy atom. The number of nitrogens with one attached hydrogen (secondary N) is 1. The highest BCUT2D eigenvalue weighted by molar-refractivity contribution is 5.88. The zero-order chi connectivity index (χ0) is 14.3. The Morgan fingerprint density at radius 2 is 1.89 bits per heavy atom. The van der Waals surface area contributed by atoms with E-state index in [4.69, 9.17) is 0 Å². The van der Waals surface area contributed by atoms with Crippen LogP contribution in [0.4, 0.5) is 0 Å². The monoisotopic (exact) mass is 267 g/mol. The van der Waals surface area contributed by atoms with Gasteiger partial charge in [0.05, 0.1) is 11.7 Å². The van der Waals surface area contributed by atoms with Crippen molar-refractivity contribution in [3.05, 3.63) is 0 Å². The molecule has 4 nitrogen and oxygen atoms in total. The molecular weight excluding hydrogens is 238 g/mol. The summed E-state index contributed by atoms with van der Waals surface area (Å²) >= 11 is 0. The first kappa shape index (κ1) is 14.8. The Kier molecular flexibility index (Phi) is 3.94. The van der Waals surface area contributed by atoms with E-state index in [0.29, 0.717) is 0 Å². The van der Waals surface area contributed by atoms with Gasteiger partial charge in [0, 0.05) is 6.54 Å². The van der Waals surface area contributed by atoms with Crippen LogP contribution < -0.4 is 5.32 Å². The van der Waals surface area contributed by atoms with Gasteiger partial charge in [0.15, 0.2) is 0 Å². The van der Waals surface area contributed by atoms with Gasteiger partial charge in [-0.25, -0.2) is 0 Å². The fourth-order valence-electron chi connectivity index (χ4n) is 3.28. The van der Waals surface area contributed by atoms with E-state index in [2.05, 4.69) is 42.9 Å². The standard InChI is InChI=1S/C15H29N3O/c1-6-15(4)13(19)18(12(2)16-15)11-14(3)7-9-17(5)10-8-14/h12,16H,6-11H2,1-5H3. The van der Waals surface area contributed by atoms with Crippen molar-refractivity contribution >= 4 is 5.91 Å². The smallest absolute Gasteiger partial charge is 0.243 e. The van der Waals surface area contributed by atoms with E-state index in [-0.39, 0.29) is 23.0 Å². The first-order chi connectivity index (χ1) is 8.80. The Balaban J connectivity index is 2.05. The first-order valence-electron chi connectivity index (χ1n) is 7.57. The number of rotatable bonds is 3. The molecule has 0 spiro atoms. The number of hydrogen-bond donors (Lipinski definition) is 1. The lowest BCUT2D eigenvalue weighted by Gasteiger charge is -2.41. The van der Waals surface area contributed by atoms with Crippen LogP contribution in [0.1, 0.15) is 47.0 Å². The minimum Gasteiger partial charge on any atom is -0.325 e. The number of amides is 1. The molecule has 0 aromatic carbocycles. The van der Waals surface area contributed by atoms with Gasteiger partial charge in [0.2, 0.25) is 5.91 Å². The van der Waals surface area contributed by atoms with E-state index >= 15 is 0 Å². The zero-order valence-electron chi connectivity index (χ0n) is 13.1. The van der Waals surface area contributed by atoms with Crippen molar-refractivity contribution in [1.82, 2.24) is 15.1 Å². The maximum absolute atomic E-state index is 12.6. The minimum atomic E-state index is -0.360. The zero-order valence-corrected chi connectivity index (χ0v) is 13.1. The van der Waals surface area contributed by atoms with E-state index in [1.807, 2.05) is 6.92 Å². The van der Waals surface area contributed by atoms with Crippen molar-refractivity contribution in [2.45, 2.75) is 58.7 Å². The third-order valence-corrected chi connectivity index (χ3v) is 5.18. The lowest BCUT2D eigenvalue weighted by atomic mass is 9.80. The molecule has 0 bridgehead atoms. The summed E-state index contributed by atoms with van der Waals surface area (Å²) in [6, 6.07) is 0. The minimum absolute atomic E-state index is 0.161. The molecular formula is C15H29N3O. The van der Waals surface area contributed by atoms with Crippen molar-refractivity contribution in [3.63, 3.8) is 0 Å². The van der Waals surface area contributed by atoms with Gasteiger partial charge in [-0.15, -0.1) is 0 Å². The van der Waals surface area contributed by atoms with E-state index in [0.717, 1.165) is 26.1 Å². The van der Waals surface area contributed by atoms with Crippen LogP contribution in [0.5, 0.6) is 0 Å². The van der Waals surface area contributed by atoms with Gasteiger partial charge in [-0.3, -0.25) is 10.1 Å². The van der Waals surface area contributed by atoms with Crippen molar-refractivity contribution in [3.8, 4) is 0 Å². The average molecular weight is 267 g/mol. The molecule has 2 fully saturated rings. The van der Waals surface area contributed by atoms with Crippen LogP contribution in [-0.2, 0) is 4.79 Å². The van der Waals surface area contributed by atoms with Crippen LogP contribution in [0, 0.1) is 5.41 Å². The van der Waals surface area contributed by atoms with Crippen LogP contribution in [-0.4, -0.2) is 54.1 Å². The first-order valence-corrected chi connectivity index (χ1v) is 7.57. The van der Waals surface area contributed by atoms with Gasteiger partial charge in [-0.05, 0) is 58.7 Å². The second-order valence-electron chi connectivity index (χ2n) is 7.05. The van der Waals surface area contributed by atoms with E-state index in [1.54, 1.807) is 0 Å². The highest BCUT2D eigenvalue weighted by Gasteiger charge is 2.47. The number of carbonyl (C=O) groups excluding carboxylic acids is 1. The average Bonchev–Trinajstić information content (AvgIpc) is 2.58. The fraction of sp³-hybridized carbons (Fsp3) is 0.933. The van der Waals surface area contributed by atoms with Crippen LogP contribution in [0.15, 0.2) is 0 Å². The molecule has 0 radical (unpaired) electrons. The SMILES string of the molecule is CCC1(C)NC(C)N(CC2(C)CCN(C)CC2)C1=O. The van der Waals surface area contributed by atoms with E-state index < -0.39 is 0 Å². The predicted molar refractivity (Wildman–Crippen MR) is 77.8 cm³/mol. The molecule has 0 aromatic heterocycles. The van der Waals surface area contributed by atoms with E-state index in [9.17, 15) is 4.79 Å². The van der Waals surface area contributed by atoms with Crippen molar-refractivity contribution in [2.24, 2.45) is 5.41 Å². The topological polar surface area (TPSA) is 35.6 Å². The highest BCUT2D eigenvalue weighted by atomic mass is 16.2. The highest BCUT2D eigenvalue weighted by Crippen LogP contribution is 2.34. The number of nitrogens with zero attached hydrogens (tertiary/aromatic N) is 2. The molecule has 110 valence electrons. The second kappa shape index (κ2) is 5.06. The maximum Gasteiger partial charge on any atom is 0.243 e. The molecule has 2 atom stereocenters. The molecule has 2 aliphatic rings. The summed E-state index contributed by atoms with van der Waals surface area (Å²) in [6.45, 7) is 11.7. The quantitative estimate of drug-likeness (QED) is 0.845. The van der Waals surface area contributed by atoms with Gasteiger partial charge in [0.1, 0.15) is 0 Å². The van der Waals surface area contributed by atoms with Gasteiger partial charge >= 0.3 is 0 Å². The van der Waals surface area contributed by atoms with Crippen LogP contribution >= 0.6 is 0 Å². The molecule has 0 aliphatic carbocycles. The Labute approximate surface area is 117 Å². The summed E-state index contributed by atoms with van der Waals surface area (Å²) in [7, 11) is 2.18.